The topological polar surface area (TPSA) is 40.1 Å². The Bertz CT molecular complexity index is 184. The van der Waals surface area contributed by atoms with Crippen LogP contribution in [-0.4, -0.2) is 24.8 Å². The molecule has 0 spiro atoms. The summed E-state index contributed by atoms with van der Waals surface area (Å²) in [6, 6.07) is 0. The molecule has 5 heteroatoms. The van der Waals surface area contributed by atoms with Crippen LogP contribution >= 0.6 is 11.8 Å². The first-order valence-electron chi connectivity index (χ1n) is 1.97. The van der Waals surface area contributed by atoms with Crippen LogP contribution in [0.25, 0.3) is 0 Å². The van der Waals surface area contributed by atoms with Gasteiger partial charge in [-0.25, -0.2) is 0 Å². The molecule has 1 aliphatic heterocycles. The van der Waals surface area contributed by atoms with E-state index in [9.17, 15) is 9.90 Å². The molecule has 0 bridgehead atoms. The van der Waals surface area contributed by atoms with Crippen molar-refractivity contribution in [2.45, 2.75) is 0 Å². The monoisotopic (exact) mass is 140 g/mol. The van der Waals surface area contributed by atoms with Crippen LogP contribution in [0.5, 0.6) is 0 Å². The molecule has 0 aromatic heterocycles. The van der Waals surface area contributed by atoms with Gasteiger partial charge in [-0.15, -0.1) is 17.5 Å². The molecular weight excluding hydrogens is 138 g/mol. The summed E-state index contributed by atoms with van der Waals surface area (Å²) in [5.74, 6) is 0.491. The predicted octanol–water partition coefficient (Wildman–Crippen LogP) is -3.69. The smallest absolute Gasteiger partial charge is 0.544 e. The van der Waals surface area contributed by atoms with E-state index < -0.39 is 5.97 Å². The van der Waals surface area contributed by atoms with Gasteiger partial charge in [0.25, 0.3) is 0 Å². The minimum Gasteiger partial charge on any atom is -0.544 e. The molecule has 0 aliphatic carbocycles. The Balaban J connectivity index is 0. The van der Waals surface area contributed by atoms with Crippen LogP contribution in [0.15, 0.2) is 16.7 Å². The van der Waals surface area contributed by atoms with Crippen LogP contribution in [-0.2, 0) is 4.79 Å². The molecule has 0 N–H and O–H groups in total. The van der Waals surface area contributed by atoms with Gasteiger partial charge >= 0.3 is 18.9 Å². The molecule has 0 aromatic carbocycles. The predicted molar refractivity (Wildman–Crippen MR) is 34.2 cm³/mol. The van der Waals surface area contributed by atoms with Crippen molar-refractivity contribution in [1.82, 2.24) is 0 Å². The number of carboxylic acids is 1. The van der Waals surface area contributed by atoms with Crippen molar-refractivity contribution in [1.29, 1.82) is 0 Å². The fourth-order valence-electron chi connectivity index (χ4n) is 0.353. The quantitative estimate of drug-likeness (QED) is 0.278. The van der Waals surface area contributed by atoms with Crippen molar-refractivity contribution in [2.24, 2.45) is 0 Å². The molecule has 0 unspecified atom stereocenters. The molecule has 42 valence electrons. The van der Waals surface area contributed by atoms with Crippen LogP contribution in [0, 0.1) is 5.75 Å². The van der Waals surface area contributed by atoms with E-state index >= 15 is 0 Å². The van der Waals surface area contributed by atoms with Gasteiger partial charge in [0.15, 0.2) is 0 Å². The van der Waals surface area contributed by atoms with Crippen LogP contribution in [0.3, 0.4) is 0 Å². The summed E-state index contributed by atoms with van der Waals surface area (Å²) >= 11 is 1.11. The van der Waals surface area contributed by atoms with E-state index in [-0.39, 0.29) is 42.6 Å². The summed E-state index contributed by atoms with van der Waals surface area (Å²) < 4.78 is 0. The van der Waals surface area contributed by atoms with E-state index in [1.807, 2.05) is 0 Å². The summed E-state index contributed by atoms with van der Waals surface area (Å²) in [5, 5.41) is 9.93. The molecule has 2 nitrogen and oxygen atoms in total. The van der Waals surface area contributed by atoms with Crippen molar-refractivity contribution in [2.75, 3.05) is 0 Å². The van der Waals surface area contributed by atoms with E-state index in [2.05, 4.69) is 5.73 Å². The SMILES string of the molecule is O=C([O-])C1=C=C[CH]S1.[Li+].[Li]. The van der Waals surface area contributed by atoms with Crippen molar-refractivity contribution in [3.8, 4) is 0 Å². The first-order chi connectivity index (χ1) is 3.80. The van der Waals surface area contributed by atoms with Gasteiger partial charge in [-0.3, -0.25) is 0 Å². The van der Waals surface area contributed by atoms with Gasteiger partial charge < -0.3 is 9.90 Å². The number of thioether (sulfide) groups is 1. The maximum Gasteiger partial charge on any atom is 1.00 e. The van der Waals surface area contributed by atoms with Gasteiger partial charge in [0.2, 0.25) is 0 Å². The zero-order valence-electron chi connectivity index (χ0n) is 5.88. The van der Waals surface area contributed by atoms with Crippen molar-refractivity contribution >= 4 is 36.6 Å². The summed E-state index contributed by atoms with van der Waals surface area (Å²) in [7, 11) is 0. The van der Waals surface area contributed by atoms with E-state index in [1.165, 1.54) is 0 Å². The van der Waals surface area contributed by atoms with Crippen molar-refractivity contribution < 1.29 is 28.8 Å². The molecular formula is C5H2Li2O2S. The van der Waals surface area contributed by atoms with E-state index in [0.717, 1.165) is 11.8 Å². The van der Waals surface area contributed by atoms with Gasteiger partial charge in [-0.05, 0) is 6.08 Å². The maximum absolute atomic E-state index is 9.93. The number of aliphatic carboxylic acids is 1. The molecule has 10 heavy (non-hydrogen) atoms. The second-order valence-electron chi connectivity index (χ2n) is 1.18. The van der Waals surface area contributed by atoms with Crippen LogP contribution in [0.1, 0.15) is 0 Å². The number of hydrogen-bond acceptors (Lipinski definition) is 3. The number of carbonyl (C=O) groups excluding carboxylic acids is 1. The Morgan fingerprint density at radius 3 is 2.50 bits per heavy atom. The first-order valence-corrected chi connectivity index (χ1v) is 2.85. The summed E-state index contributed by atoms with van der Waals surface area (Å²) in [4.78, 5) is 10.1. The van der Waals surface area contributed by atoms with Gasteiger partial charge in [-0.2, -0.15) is 0 Å². The molecule has 0 atom stereocenters. The Labute approximate surface area is 87.5 Å². The fraction of sp³-hybridized carbons (Fsp3) is 0. The number of carbonyl (C=O) groups is 1. The fourth-order valence-corrected chi connectivity index (χ4v) is 0.857. The molecule has 1 heterocycles. The van der Waals surface area contributed by atoms with Crippen LogP contribution < -0.4 is 24.0 Å². The third-order valence-electron chi connectivity index (χ3n) is 0.654. The average Bonchev–Trinajstić information content (AvgIpc) is 2.12. The third-order valence-corrected chi connectivity index (χ3v) is 1.45. The van der Waals surface area contributed by atoms with Gasteiger partial charge in [0.05, 0.1) is 16.6 Å². The summed E-state index contributed by atoms with van der Waals surface area (Å²) in [5.41, 5.74) is 2.49. The van der Waals surface area contributed by atoms with Crippen molar-refractivity contribution in [3.05, 3.63) is 22.5 Å². The molecule has 0 fully saturated rings. The Kier molecular flexibility index (Phi) is 8.23. The summed E-state index contributed by atoms with van der Waals surface area (Å²) in [6.45, 7) is 0. The minimum atomic E-state index is -1.15. The second-order valence-corrected chi connectivity index (χ2v) is 2.10. The Hall–Kier alpha value is 0.535. The zero-order valence-corrected chi connectivity index (χ0v) is 6.70. The third kappa shape index (κ3) is 3.64. The van der Waals surface area contributed by atoms with Gasteiger partial charge in [0.1, 0.15) is 0 Å². The van der Waals surface area contributed by atoms with E-state index in [4.69, 9.17) is 0 Å². The molecule has 0 saturated heterocycles. The van der Waals surface area contributed by atoms with Gasteiger partial charge in [-0.1, -0.05) is 0 Å². The van der Waals surface area contributed by atoms with Crippen LogP contribution in [0.4, 0.5) is 0 Å². The first kappa shape index (κ1) is 13.1. The molecule has 0 amide bonds. The molecule has 2 radical (unpaired) electrons. The standard InChI is InChI=1S/C5H3O2S.2Li/c6-5(7)4-2-1-3-8-4;;/h1,3H,(H,6,7);;/q;;+1/p-1. The molecule has 0 aromatic rings. The average molecular weight is 140 g/mol. The summed E-state index contributed by atoms with van der Waals surface area (Å²) in [6.07, 6.45) is 1.55. The minimum absolute atomic E-state index is 0. The zero-order chi connectivity index (χ0) is 5.98. The van der Waals surface area contributed by atoms with E-state index in [1.54, 1.807) is 11.8 Å². The van der Waals surface area contributed by atoms with Crippen LogP contribution in [0.2, 0.25) is 0 Å². The number of hydrogen-bond donors (Lipinski definition) is 0. The second kappa shape index (κ2) is 6.26. The number of rotatable bonds is 1. The molecule has 0 saturated carbocycles. The Morgan fingerprint density at radius 2 is 2.30 bits per heavy atom. The molecule has 1 rings (SSSR count). The Morgan fingerprint density at radius 1 is 1.70 bits per heavy atom. The van der Waals surface area contributed by atoms with Gasteiger partial charge in [0, 0.05) is 18.9 Å². The number of carboxylic acid groups (broad SMARTS) is 1. The molecule has 1 aliphatic rings. The van der Waals surface area contributed by atoms with E-state index in [0.29, 0.717) is 0 Å². The largest absolute Gasteiger partial charge is 1.00 e. The maximum atomic E-state index is 9.93. The normalized spacial score (nSPS) is 13.0. The van der Waals surface area contributed by atoms with Crippen molar-refractivity contribution in [3.63, 3.8) is 0 Å².